The summed E-state index contributed by atoms with van der Waals surface area (Å²) in [6.45, 7) is 2.04. The van der Waals surface area contributed by atoms with Crippen LogP contribution in [0.3, 0.4) is 0 Å². The van der Waals surface area contributed by atoms with Gasteiger partial charge in [0.15, 0.2) is 17.5 Å². The summed E-state index contributed by atoms with van der Waals surface area (Å²) in [5, 5.41) is 4.14. The molecular weight excluding hydrogens is 651 g/mol. The van der Waals surface area contributed by atoms with Gasteiger partial charge in [0.1, 0.15) is 22.3 Å². The van der Waals surface area contributed by atoms with Gasteiger partial charge in [0.2, 0.25) is 0 Å². The lowest BCUT2D eigenvalue weighted by molar-refractivity contribution is 0.668. The third-order valence-electron chi connectivity index (χ3n) is 9.89. The lowest BCUT2D eigenvalue weighted by Crippen LogP contribution is -2.00. The molecule has 0 N–H and O–H groups in total. The Bertz CT molecular complexity index is 3010. The average Bonchev–Trinajstić information content (AvgIpc) is 3.80. The predicted molar refractivity (Wildman–Crippen MR) is 216 cm³/mol. The number of benzene rings is 7. The van der Waals surface area contributed by atoms with Gasteiger partial charge >= 0.3 is 0 Å². The zero-order chi connectivity index (χ0) is 35.3. The Morgan fingerprint density at radius 1 is 0.415 bits per heavy atom. The van der Waals surface area contributed by atoms with Gasteiger partial charge in [-0.2, -0.15) is 0 Å². The highest BCUT2D eigenvalue weighted by Gasteiger charge is 2.21. The summed E-state index contributed by atoms with van der Waals surface area (Å²) >= 11 is 0. The lowest BCUT2D eigenvalue weighted by atomic mass is 9.97. The first-order chi connectivity index (χ1) is 26.2. The van der Waals surface area contributed by atoms with Gasteiger partial charge in [-0.15, -0.1) is 0 Å². The minimum Gasteiger partial charge on any atom is -0.456 e. The van der Waals surface area contributed by atoms with E-state index in [4.69, 9.17) is 23.8 Å². The Kier molecular flexibility index (Phi) is 7.29. The third-order valence-corrected chi connectivity index (χ3v) is 9.89. The van der Waals surface area contributed by atoms with Gasteiger partial charge in [-0.3, -0.25) is 0 Å². The van der Waals surface area contributed by atoms with Crippen LogP contribution in [-0.2, 0) is 0 Å². The summed E-state index contributed by atoms with van der Waals surface area (Å²) in [7, 11) is 0. The van der Waals surface area contributed by atoms with Crippen molar-refractivity contribution in [3.05, 3.63) is 169 Å². The zero-order valence-corrected chi connectivity index (χ0v) is 28.8. The quantitative estimate of drug-likeness (QED) is 0.175. The van der Waals surface area contributed by atoms with E-state index in [1.54, 1.807) is 0 Å². The van der Waals surface area contributed by atoms with E-state index in [0.717, 1.165) is 77.3 Å². The molecule has 0 fully saturated rings. The number of nitrogens with zero attached hydrogens (tertiary/aromatic N) is 3. The van der Waals surface area contributed by atoms with E-state index in [0.29, 0.717) is 17.5 Å². The van der Waals surface area contributed by atoms with E-state index < -0.39 is 0 Å². The SMILES string of the molecule is C/C=C\c1ccccc1-c1ccc(-c2nc(-c3ccccc3)nc(-c3ccc(-c4ccc5c(c4)oc4ccccc45)c4oc5ccccc5c34)n2)cc1. The van der Waals surface area contributed by atoms with Gasteiger partial charge in [-0.05, 0) is 65.6 Å². The van der Waals surface area contributed by atoms with Gasteiger partial charge < -0.3 is 8.83 Å². The van der Waals surface area contributed by atoms with Gasteiger partial charge in [-0.1, -0.05) is 133 Å². The van der Waals surface area contributed by atoms with Crippen molar-refractivity contribution < 1.29 is 8.83 Å². The van der Waals surface area contributed by atoms with Crippen LogP contribution in [0.15, 0.2) is 173 Å². The minimum atomic E-state index is 0.576. The van der Waals surface area contributed by atoms with Crippen molar-refractivity contribution in [2.75, 3.05) is 0 Å². The summed E-state index contributed by atoms with van der Waals surface area (Å²) < 4.78 is 13.0. The third kappa shape index (κ3) is 5.29. The number of aromatic nitrogens is 3. The van der Waals surface area contributed by atoms with E-state index in [2.05, 4.69) is 103 Å². The molecule has 53 heavy (non-hydrogen) atoms. The second kappa shape index (κ2) is 12.6. The summed E-state index contributed by atoms with van der Waals surface area (Å²) in [4.78, 5) is 15.3. The van der Waals surface area contributed by atoms with Crippen molar-refractivity contribution >= 4 is 50.0 Å². The smallest absolute Gasteiger partial charge is 0.164 e. The number of allylic oxidation sites excluding steroid dienone is 1. The minimum absolute atomic E-state index is 0.576. The van der Waals surface area contributed by atoms with Crippen LogP contribution in [-0.4, -0.2) is 15.0 Å². The molecule has 10 rings (SSSR count). The molecule has 3 heterocycles. The Morgan fingerprint density at radius 2 is 1.00 bits per heavy atom. The standard InChI is InChI=1S/C48H31N3O2/c1-2-12-30-13-6-7-16-35(30)31-21-23-33(24-22-31)47-49-46(32-14-4-3-5-15-32)50-48(51-47)40-28-27-36(45-44(40)39-18-9-11-20-42(39)53-45)34-25-26-38-37-17-8-10-19-41(37)52-43(38)29-34/h2-29H,1H3/b12-2-. The van der Waals surface area contributed by atoms with Crippen molar-refractivity contribution in [2.45, 2.75) is 6.92 Å². The molecule has 7 aromatic carbocycles. The van der Waals surface area contributed by atoms with Crippen LogP contribution in [0, 0.1) is 0 Å². The molecule has 0 aliphatic rings. The Labute approximate surface area is 305 Å². The first kappa shape index (κ1) is 30.7. The summed E-state index contributed by atoms with van der Waals surface area (Å²) in [6, 6.07) is 53.8. The molecule has 3 aromatic heterocycles. The van der Waals surface area contributed by atoms with Gasteiger partial charge in [0.25, 0.3) is 0 Å². The van der Waals surface area contributed by atoms with Crippen molar-refractivity contribution in [3.63, 3.8) is 0 Å². The number of furan rings is 2. The maximum Gasteiger partial charge on any atom is 0.164 e. The zero-order valence-electron chi connectivity index (χ0n) is 28.8. The molecule has 5 nitrogen and oxygen atoms in total. The van der Waals surface area contributed by atoms with Crippen LogP contribution >= 0.6 is 0 Å². The fourth-order valence-corrected chi connectivity index (χ4v) is 7.36. The molecule has 0 unspecified atom stereocenters. The van der Waals surface area contributed by atoms with Crippen molar-refractivity contribution in [1.29, 1.82) is 0 Å². The molecule has 0 bridgehead atoms. The van der Waals surface area contributed by atoms with Crippen LogP contribution in [0.4, 0.5) is 0 Å². The molecule has 0 atom stereocenters. The molecule has 0 spiro atoms. The Balaban J connectivity index is 1.15. The molecule has 0 radical (unpaired) electrons. The van der Waals surface area contributed by atoms with Crippen LogP contribution in [0.25, 0.3) is 106 Å². The number of rotatable bonds is 6. The molecule has 0 aliphatic carbocycles. The van der Waals surface area contributed by atoms with Crippen molar-refractivity contribution in [2.24, 2.45) is 0 Å². The Morgan fingerprint density at radius 3 is 1.79 bits per heavy atom. The molecule has 0 aliphatic heterocycles. The highest BCUT2D eigenvalue weighted by Crippen LogP contribution is 2.43. The Hall–Kier alpha value is -7.11. The van der Waals surface area contributed by atoms with E-state index >= 15 is 0 Å². The van der Waals surface area contributed by atoms with E-state index in [9.17, 15) is 0 Å². The largest absolute Gasteiger partial charge is 0.456 e. The maximum atomic E-state index is 6.68. The first-order valence-electron chi connectivity index (χ1n) is 17.7. The average molecular weight is 682 g/mol. The summed E-state index contributed by atoms with van der Waals surface area (Å²) in [6.07, 6.45) is 4.20. The normalized spacial score (nSPS) is 11.8. The molecule has 0 amide bonds. The molecule has 0 saturated heterocycles. The fourth-order valence-electron chi connectivity index (χ4n) is 7.36. The summed E-state index contributed by atoms with van der Waals surface area (Å²) in [5.74, 6) is 1.78. The van der Waals surface area contributed by atoms with Crippen LogP contribution < -0.4 is 0 Å². The molecule has 10 aromatic rings. The van der Waals surface area contributed by atoms with E-state index in [1.165, 1.54) is 11.1 Å². The first-order valence-corrected chi connectivity index (χ1v) is 17.7. The summed E-state index contributed by atoms with van der Waals surface area (Å²) in [5.41, 5.74) is 11.4. The predicted octanol–water partition coefficient (Wildman–Crippen LogP) is 13.0. The highest BCUT2D eigenvalue weighted by molar-refractivity contribution is 6.16. The number of fused-ring (bicyclic) bond motifs is 6. The van der Waals surface area contributed by atoms with Crippen LogP contribution in [0.5, 0.6) is 0 Å². The second-order valence-corrected chi connectivity index (χ2v) is 13.1. The van der Waals surface area contributed by atoms with Crippen LogP contribution in [0.2, 0.25) is 0 Å². The highest BCUT2D eigenvalue weighted by atomic mass is 16.3. The number of hydrogen-bond donors (Lipinski definition) is 0. The van der Waals surface area contributed by atoms with Crippen molar-refractivity contribution in [1.82, 2.24) is 15.0 Å². The molecular formula is C48H31N3O2. The van der Waals surface area contributed by atoms with E-state index in [1.807, 2.05) is 73.7 Å². The second-order valence-electron chi connectivity index (χ2n) is 13.1. The van der Waals surface area contributed by atoms with Gasteiger partial charge in [-0.25, -0.2) is 15.0 Å². The van der Waals surface area contributed by atoms with Crippen molar-refractivity contribution in [3.8, 4) is 56.4 Å². The van der Waals surface area contributed by atoms with Crippen LogP contribution in [0.1, 0.15) is 12.5 Å². The topological polar surface area (TPSA) is 65.0 Å². The maximum absolute atomic E-state index is 6.68. The molecule has 0 saturated carbocycles. The number of para-hydroxylation sites is 2. The monoisotopic (exact) mass is 681 g/mol. The van der Waals surface area contributed by atoms with E-state index in [-0.39, 0.29) is 0 Å². The fraction of sp³-hybridized carbons (Fsp3) is 0.0208. The van der Waals surface area contributed by atoms with Gasteiger partial charge in [0, 0.05) is 43.8 Å². The number of hydrogen-bond acceptors (Lipinski definition) is 5. The lowest BCUT2D eigenvalue weighted by Gasteiger charge is -2.11. The van der Waals surface area contributed by atoms with Gasteiger partial charge in [0.05, 0.1) is 0 Å². The molecule has 250 valence electrons. The molecule has 5 heteroatoms.